The van der Waals surface area contributed by atoms with Crippen molar-refractivity contribution in [1.82, 2.24) is 0 Å². The summed E-state index contributed by atoms with van der Waals surface area (Å²) < 4.78 is 5.09. The summed E-state index contributed by atoms with van der Waals surface area (Å²) in [6.45, 7) is 4.06. The zero-order valence-corrected chi connectivity index (χ0v) is 8.93. The van der Waals surface area contributed by atoms with Crippen molar-refractivity contribution in [2.45, 2.75) is 20.3 Å². The molecule has 0 saturated heterocycles. The Balaban J connectivity index is 0.000000336. The Labute approximate surface area is 89.1 Å². The summed E-state index contributed by atoms with van der Waals surface area (Å²) in [6.07, 6.45) is 0.222. The van der Waals surface area contributed by atoms with E-state index < -0.39 is 5.97 Å². The standard InChI is InChI=1S/C8H10O2.C3H6O2/c1-2-10-8-6-4-3-5-7(8)9;1-2-3(4)5/h3-6,9H,2H2,1H3;2H2,1H3,(H,4,5). The van der Waals surface area contributed by atoms with Gasteiger partial charge in [0.05, 0.1) is 6.61 Å². The number of aromatic hydroxyl groups is 1. The number of hydrogen-bond donors (Lipinski definition) is 2. The van der Waals surface area contributed by atoms with E-state index in [1.807, 2.05) is 13.0 Å². The van der Waals surface area contributed by atoms with Crippen LogP contribution in [0, 0.1) is 0 Å². The maximum atomic E-state index is 9.37. The van der Waals surface area contributed by atoms with E-state index in [9.17, 15) is 4.79 Å². The van der Waals surface area contributed by atoms with Crippen molar-refractivity contribution in [3.8, 4) is 11.5 Å². The van der Waals surface area contributed by atoms with Crippen molar-refractivity contribution in [3.05, 3.63) is 24.3 Å². The molecular weight excluding hydrogens is 196 g/mol. The Bertz CT molecular complexity index is 296. The van der Waals surface area contributed by atoms with E-state index in [0.717, 1.165) is 0 Å². The van der Waals surface area contributed by atoms with Crippen LogP contribution in [0.15, 0.2) is 24.3 Å². The summed E-state index contributed by atoms with van der Waals surface area (Å²) in [5.74, 6) is -0.000602. The molecule has 0 atom stereocenters. The van der Waals surface area contributed by atoms with E-state index in [4.69, 9.17) is 14.9 Å². The largest absolute Gasteiger partial charge is 0.504 e. The van der Waals surface area contributed by atoms with Crippen LogP contribution < -0.4 is 4.74 Å². The molecule has 2 N–H and O–H groups in total. The number of carbonyl (C=O) groups is 1. The molecule has 0 spiro atoms. The minimum absolute atomic E-state index is 0.198. The molecule has 0 unspecified atom stereocenters. The summed E-state index contributed by atoms with van der Waals surface area (Å²) in [4.78, 5) is 9.37. The Morgan fingerprint density at radius 1 is 1.33 bits per heavy atom. The van der Waals surface area contributed by atoms with Gasteiger partial charge in [-0.1, -0.05) is 19.1 Å². The van der Waals surface area contributed by atoms with E-state index in [1.54, 1.807) is 25.1 Å². The van der Waals surface area contributed by atoms with Gasteiger partial charge in [-0.25, -0.2) is 0 Å². The summed E-state index contributed by atoms with van der Waals surface area (Å²) in [5, 5.41) is 16.8. The lowest BCUT2D eigenvalue weighted by atomic mass is 10.3. The topological polar surface area (TPSA) is 66.8 Å². The van der Waals surface area contributed by atoms with Gasteiger partial charge in [-0.05, 0) is 19.1 Å². The second kappa shape index (κ2) is 7.67. The van der Waals surface area contributed by atoms with Crippen LogP contribution in [0.3, 0.4) is 0 Å². The molecule has 0 aromatic heterocycles. The van der Waals surface area contributed by atoms with Gasteiger partial charge >= 0.3 is 5.97 Å². The van der Waals surface area contributed by atoms with E-state index in [0.29, 0.717) is 12.4 Å². The minimum atomic E-state index is -0.745. The number of phenolic OH excluding ortho intramolecular Hbond substituents is 1. The number of benzene rings is 1. The average Bonchev–Trinajstić information content (AvgIpc) is 2.23. The molecule has 0 bridgehead atoms. The first kappa shape index (κ1) is 13.3. The van der Waals surface area contributed by atoms with E-state index in [1.165, 1.54) is 0 Å². The van der Waals surface area contributed by atoms with Gasteiger partial charge in [0.15, 0.2) is 11.5 Å². The van der Waals surface area contributed by atoms with Crippen LogP contribution in [-0.4, -0.2) is 22.8 Å². The van der Waals surface area contributed by atoms with Gasteiger partial charge in [-0.15, -0.1) is 0 Å². The second-order valence-electron chi connectivity index (χ2n) is 2.65. The SMILES string of the molecule is CCC(=O)O.CCOc1ccccc1O. The van der Waals surface area contributed by atoms with Crippen LogP contribution in [0.1, 0.15) is 20.3 Å². The lowest BCUT2D eigenvalue weighted by Crippen LogP contribution is -1.90. The van der Waals surface area contributed by atoms with Crippen LogP contribution in [0.2, 0.25) is 0 Å². The van der Waals surface area contributed by atoms with Crippen LogP contribution in [0.25, 0.3) is 0 Å². The molecule has 84 valence electrons. The first-order chi connectivity index (χ1) is 7.11. The van der Waals surface area contributed by atoms with Crippen molar-refractivity contribution < 1.29 is 19.7 Å². The van der Waals surface area contributed by atoms with Gasteiger partial charge in [-0.3, -0.25) is 4.79 Å². The fourth-order valence-electron chi connectivity index (χ4n) is 0.735. The maximum absolute atomic E-state index is 9.37. The van der Waals surface area contributed by atoms with Crippen molar-refractivity contribution in [2.75, 3.05) is 6.61 Å². The molecule has 0 saturated carbocycles. The number of para-hydroxylation sites is 2. The van der Waals surface area contributed by atoms with Gasteiger partial charge in [0.25, 0.3) is 0 Å². The van der Waals surface area contributed by atoms with Crippen molar-refractivity contribution in [1.29, 1.82) is 0 Å². The molecule has 0 amide bonds. The molecule has 0 aliphatic heterocycles. The van der Waals surface area contributed by atoms with Gasteiger partial charge < -0.3 is 14.9 Å². The van der Waals surface area contributed by atoms with Gasteiger partial charge in [0.2, 0.25) is 0 Å². The number of ether oxygens (including phenoxy) is 1. The summed E-state index contributed by atoms with van der Waals surface area (Å²) >= 11 is 0. The summed E-state index contributed by atoms with van der Waals surface area (Å²) in [7, 11) is 0. The van der Waals surface area contributed by atoms with E-state index in [2.05, 4.69) is 0 Å². The van der Waals surface area contributed by atoms with Crippen molar-refractivity contribution in [2.24, 2.45) is 0 Å². The first-order valence-corrected chi connectivity index (χ1v) is 4.74. The number of carboxylic acids is 1. The molecule has 0 aliphatic rings. The molecule has 1 aromatic carbocycles. The highest BCUT2D eigenvalue weighted by Gasteiger charge is 1.96. The van der Waals surface area contributed by atoms with Crippen LogP contribution >= 0.6 is 0 Å². The lowest BCUT2D eigenvalue weighted by molar-refractivity contribution is -0.136. The zero-order valence-electron chi connectivity index (χ0n) is 8.93. The highest BCUT2D eigenvalue weighted by Crippen LogP contribution is 2.23. The number of aliphatic carboxylic acids is 1. The second-order valence-corrected chi connectivity index (χ2v) is 2.65. The van der Waals surface area contributed by atoms with Crippen molar-refractivity contribution in [3.63, 3.8) is 0 Å². The first-order valence-electron chi connectivity index (χ1n) is 4.74. The smallest absolute Gasteiger partial charge is 0.303 e. The molecule has 0 fully saturated rings. The monoisotopic (exact) mass is 212 g/mol. The minimum Gasteiger partial charge on any atom is -0.504 e. The molecule has 4 heteroatoms. The zero-order chi connectivity index (χ0) is 11.7. The van der Waals surface area contributed by atoms with Crippen LogP contribution in [-0.2, 0) is 4.79 Å². The Hall–Kier alpha value is -1.71. The highest BCUT2D eigenvalue weighted by molar-refractivity contribution is 5.66. The van der Waals surface area contributed by atoms with Gasteiger partial charge in [0, 0.05) is 6.42 Å². The molecule has 15 heavy (non-hydrogen) atoms. The molecule has 0 aliphatic carbocycles. The molecule has 1 rings (SSSR count). The maximum Gasteiger partial charge on any atom is 0.303 e. The number of carboxylic acid groups (broad SMARTS) is 1. The van der Waals surface area contributed by atoms with Crippen LogP contribution in [0.5, 0.6) is 11.5 Å². The predicted octanol–water partition coefficient (Wildman–Crippen LogP) is 2.27. The number of phenols is 1. The third-order valence-electron chi connectivity index (χ3n) is 1.47. The fraction of sp³-hybridized carbons (Fsp3) is 0.364. The van der Waals surface area contributed by atoms with Crippen molar-refractivity contribution >= 4 is 5.97 Å². The number of hydrogen-bond acceptors (Lipinski definition) is 3. The highest BCUT2D eigenvalue weighted by atomic mass is 16.5. The normalized spacial score (nSPS) is 8.67. The fourth-order valence-corrected chi connectivity index (χ4v) is 0.735. The van der Waals surface area contributed by atoms with E-state index >= 15 is 0 Å². The number of rotatable bonds is 3. The van der Waals surface area contributed by atoms with Gasteiger partial charge in [-0.2, -0.15) is 0 Å². The third kappa shape index (κ3) is 6.37. The Morgan fingerprint density at radius 3 is 2.27 bits per heavy atom. The lowest BCUT2D eigenvalue weighted by Gasteiger charge is -2.02. The predicted molar refractivity (Wildman–Crippen MR) is 57.2 cm³/mol. The van der Waals surface area contributed by atoms with E-state index in [-0.39, 0.29) is 12.2 Å². The molecule has 1 aromatic rings. The summed E-state index contributed by atoms with van der Waals surface area (Å²) in [5.41, 5.74) is 0. The molecule has 4 nitrogen and oxygen atoms in total. The Kier molecular flexibility index (Phi) is 6.80. The molecule has 0 heterocycles. The van der Waals surface area contributed by atoms with Crippen LogP contribution in [0.4, 0.5) is 0 Å². The Morgan fingerprint density at radius 2 is 1.87 bits per heavy atom. The van der Waals surface area contributed by atoms with Gasteiger partial charge in [0.1, 0.15) is 0 Å². The quantitative estimate of drug-likeness (QED) is 0.806. The molecular formula is C11H16O4. The molecule has 0 radical (unpaired) electrons. The average molecular weight is 212 g/mol. The summed E-state index contributed by atoms with van der Waals surface area (Å²) in [6, 6.07) is 6.92. The third-order valence-corrected chi connectivity index (χ3v) is 1.47.